The van der Waals surface area contributed by atoms with E-state index >= 15 is 0 Å². The number of hydrogen-bond acceptors (Lipinski definition) is 5. The van der Waals surface area contributed by atoms with Crippen molar-refractivity contribution < 1.29 is 14.3 Å². The average molecular weight is 464 g/mol. The first-order valence-electron chi connectivity index (χ1n) is 12.8. The van der Waals surface area contributed by atoms with Crippen LogP contribution in [0.1, 0.15) is 39.0 Å². The first-order chi connectivity index (χ1) is 16.6. The smallest absolute Gasteiger partial charge is 0.253 e. The Kier molecular flexibility index (Phi) is 7.07. The molecule has 1 spiro atoms. The molecule has 5 rings (SSSR count). The zero-order valence-electron chi connectivity index (χ0n) is 20.3. The molecular formula is C28H37N3O3. The summed E-state index contributed by atoms with van der Waals surface area (Å²) in [4.78, 5) is 19.4. The maximum absolute atomic E-state index is 12.5. The van der Waals surface area contributed by atoms with Crippen molar-refractivity contribution in [2.75, 3.05) is 55.7 Å². The Balaban J connectivity index is 1.10. The van der Waals surface area contributed by atoms with E-state index < -0.39 is 0 Å². The fourth-order valence-electron chi connectivity index (χ4n) is 5.57. The second-order valence-electron chi connectivity index (χ2n) is 10.00. The van der Waals surface area contributed by atoms with Gasteiger partial charge in [0.25, 0.3) is 5.91 Å². The molecule has 6 heteroatoms. The highest BCUT2D eigenvalue weighted by Gasteiger charge is 2.42. The van der Waals surface area contributed by atoms with Crippen LogP contribution in [0.25, 0.3) is 0 Å². The number of likely N-dealkylation sites (tertiary alicyclic amines) is 1. The van der Waals surface area contributed by atoms with Gasteiger partial charge in [-0.25, -0.2) is 0 Å². The summed E-state index contributed by atoms with van der Waals surface area (Å²) < 4.78 is 12.1. The number of ether oxygens (including phenoxy) is 2. The maximum Gasteiger partial charge on any atom is 0.253 e. The molecule has 0 aromatic heterocycles. The molecule has 0 N–H and O–H groups in total. The van der Waals surface area contributed by atoms with Gasteiger partial charge in [-0.3, -0.25) is 4.79 Å². The van der Waals surface area contributed by atoms with Crippen LogP contribution in [0.3, 0.4) is 0 Å². The van der Waals surface area contributed by atoms with Crippen LogP contribution in [0.4, 0.5) is 11.4 Å². The van der Waals surface area contributed by atoms with Crippen molar-refractivity contribution in [2.45, 2.75) is 50.7 Å². The molecule has 182 valence electrons. The van der Waals surface area contributed by atoms with E-state index in [0.717, 1.165) is 63.0 Å². The van der Waals surface area contributed by atoms with Crippen LogP contribution in [0.2, 0.25) is 0 Å². The van der Waals surface area contributed by atoms with Crippen LogP contribution in [0.5, 0.6) is 5.75 Å². The highest BCUT2D eigenvalue weighted by atomic mass is 16.5. The number of carbonyl (C=O) groups excluding carboxylic acids is 1. The lowest BCUT2D eigenvalue weighted by Crippen LogP contribution is -2.59. The van der Waals surface area contributed by atoms with Crippen molar-refractivity contribution in [2.24, 2.45) is 0 Å². The Hall–Kier alpha value is -2.57. The van der Waals surface area contributed by atoms with Gasteiger partial charge in [-0.1, -0.05) is 18.2 Å². The number of morpholine rings is 1. The largest absolute Gasteiger partial charge is 0.494 e. The van der Waals surface area contributed by atoms with E-state index in [1.54, 1.807) is 0 Å². The van der Waals surface area contributed by atoms with Crippen LogP contribution in [0.15, 0.2) is 54.6 Å². The summed E-state index contributed by atoms with van der Waals surface area (Å²) in [6, 6.07) is 19.2. The second kappa shape index (κ2) is 10.4. The third kappa shape index (κ3) is 5.23. The van der Waals surface area contributed by atoms with Crippen molar-refractivity contribution in [1.29, 1.82) is 0 Å². The van der Waals surface area contributed by atoms with Gasteiger partial charge in [0.2, 0.25) is 0 Å². The topological polar surface area (TPSA) is 45.2 Å². The summed E-state index contributed by atoms with van der Waals surface area (Å²) in [5, 5.41) is 0. The predicted molar refractivity (Wildman–Crippen MR) is 136 cm³/mol. The Morgan fingerprint density at radius 1 is 1.00 bits per heavy atom. The van der Waals surface area contributed by atoms with E-state index in [1.807, 2.05) is 35.2 Å². The van der Waals surface area contributed by atoms with Gasteiger partial charge in [-0.05, 0) is 82.0 Å². The van der Waals surface area contributed by atoms with Gasteiger partial charge in [0, 0.05) is 37.1 Å². The number of para-hydroxylation sites is 1. The van der Waals surface area contributed by atoms with Crippen molar-refractivity contribution >= 4 is 17.3 Å². The van der Waals surface area contributed by atoms with E-state index in [-0.39, 0.29) is 18.1 Å². The average Bonchev–Trinajstić information content (AvgIpc) is 3.29. The van der Waals surface area contributed by atoms with Gasteiger partial charge in [0.05, 0.1) is 18.8 Å². The lowest BCUT2D eigenvalue weighted by atomic mass is 9.88. The van der Waals surface area contributed by atoms with Gasteiger partial charge in [0.1, 0.15) is 12.4 Å². The third-order valence-electron chi connectivity index (χ3n) is 7.74. The summed E-state index contributed by atoms with van der Waals surface area (Å²) >= 11 is 0. The van der Waals surface area contributed by atoms with Crippen LogP contribution in [-0.4, -0.2) is 68.4 Å². The first-order valence-corrected chi connectivity index (χ1v) is 12.8. The number of anilines is 2. The second-order valence-corrected chi connectivity index (χ2v) is 10.00. The molecule has 3 aliphatic heterocycles. The number of benzene rings is 2. The summed E-state index contributed by atoms with van der Waals surface area (Å²) in [6.45, 7) is 8.10. The number of carbonyl (C=O) groups is 1. The number of amides is 1. The van der Waals surface area contributed by atoms with E-state index in [2.05, 4.69) is 41.0 Å². The van der Waals surface area contributed by atoms with Gasteiger partial charge in [-0.15, -0.1) is 0 Å². The fraction of sp³-hybridized carbons (Fsp3) is 0.536. The zero-order valence-corrected chi connectivity index (χ0v) is 20.3. The van der Waals surface area contributed by atoms with Crippen LogP contribution in [0, 0.1) is 0 Å². The van der Waals surface area contributed by atoms with Crippen LogP contribution < -0.4 is 14.5 Å². The van der Waals surface area contributed by atoms with Gasteiger partial charge in [0.15, 0.2) is 0 Å². The molecule has 0 unspecified atom stereocenters. The van der Waals surface area contributed by atoms with Crippen molar-refractivity contribution in [3.8, 4) is 5.75 Å². The SMILES string of the molecule is C[C@H]1CCCN1CCCOc1ccc(N2CCC3(CC2)CN(c2ccccc2)C(=O)CO3)cc1. The molecular weight excluding hydrogens is 426 g/mol. The zero-order chi connectivity index (χ0) is 23.4. The Morgan fingerprint density at radius 3 is 2.47 bits per heavy atom. The normalized spacial score (nSPS) is 23.0. The lowest BCUT2D eigenvalue weighted by Gasteiger charge is -2.47. The van der Waals surface area contributed by atoms with Gasteiger partial charge >= 0.3 is 0 Å². The molecule has 0 radical (unpaired) electrons. The van der Waals surface area contributed by atoms with Crippen LogP contribution in [-0.2, 0) is 9.53 Å². The molecule has 6 nitrogen and oxygen atoms in total. The van der Waals surface area contributed by atoms with E-state index in [4.69, 9.17) is 9.47 Å². The first kappa shape index (κ1) is 23.2. The molecule has 2 aromatic carbocycles. The van der Waals surface area contributed by atoms with E-state index in [9.17, 15) is 4.79 Å². The number of piperidine rings is 1. The molecule has 0 aliphatic carbocycles. The minimum Gasteiger partial charge on any atom is -0.494 e. The van der Waals surface area contributed by atoms with Gasteiger partial charge < -0.3 is 24.2 Å². The van der Waals surface area contributed by atoms with E-state index in [0.29, 0.717) is 6.54 Å². The minimum atomic E-state index is -0.254. The number of rotatable bonds is 7. The molecule has 1 amide bonds. The van der Waals surface area contributed by atoms with Crippen LogP contribution >= 0.6 is 0 Å². The van der Waals surface area contributed by atoms with Crippen molar-refractivity contribution in [3.05, 3.63) is 54.6 Å². The Labute approximate surface area is 203 Å². The number of nitrogens with zero attached hydrogens (tertiary/aromatic N) is 3. The minimum absolute atomic E-state index is 0.0461. The molecule has 1 atom stereocenters. The molecule has 3 heterocycles. The molecule has 0 saturated carbocycles. The fourth-order valence-corrected chi connectivity index (χ4v) is 5.57. The van der Waals surface area contributed by atoms with Crippen molar-refractivity contribution in [3.63, 3.8) is 0 Å². The third-order valence-corrected chi connectivity index (χ3v) is 7.74. The van der Waals surface area contributed by atoms with Gasteiger partial charge in [-0.2, -0.15) is 0 Å². The Morgan fingerprint density at radius 2 is 1.76 bits per heavy atom. The summed E-state index contributed by atoms with van der Waals surface area (Å²) in [7, 11) is 0. The number of hydrogen-bond donors (Lipinski definition) is 0. The van der Waals surface area contributed by atoms with Crippen molar-refractivity contribution in [1.82, 2.24) is 4.90 Å². The summed E-state index contributed by atoms with van der Waals surface area (Å²) in [5.41, 5.74) is 1.93. The summed E-state index contributed by atoms with van der Waals surface area (Å²) in [5.74, 6) is 0.990. The maximum atomic E-state index is 12.5. The highest BCUT2D eigenvalue weighted by Crippen LogP contribution is 2.34. The highest BCUT2D eigenvalue weighted by molar-refractivity contribution is 5.95. The molecule has 3 aliphatic rings. The quantitative estimate of drug-likeness (QED) is 0.572. The standard InChI is InChI=1S/C28H37N3O3/c1-23-7-5-16-29(23)17-6-20-33-26-12-10-24(11-13-26)30-18-14-28(15-19-30)22-31(27(32)21-34-28)25-8-3-2-4-9-25/h2-4,8-13,23H,5-7,14-22H2,1H3/t23-/m0/s1. The summed E-state index contributed by atoms with van der Waals surface area (Å²) in [6.07, 6.45) is 5.56. The lowest BCUT2D eigenvalue weighted by molar-refractivity contribution is -0.141. The van der Waals surface area contributed by atoms with E-state index in [1.165, 1.54) is 25.1 Å². The molecule has 3 fully saturated rings. The Bertz CT molecular complexity index is 941. The molecule has 0 bridgehead atoms. The monoisotopic (exact) mass is 463 g/mol. The molecule has 34 heavy (non-hydrogen) atoms. The predicted octanol–water partition coefficient (Wildman–Crippen LogP) is 4.34. The molecule has 3 saturated heterocycles. The molecule has 2 aromatic rings.